The van der Waals surface area contributed by atoms with Gasteiger partial charge in [0.25, 0.3) is 0 Å². The Morgan fingerprint density at radius 3 is 2.45 bits per heavy atom. The Labute approximate surface area is 201 Å². The van der Waals surface area contributed by atoms with Crippen molar-refractivity contribution in [3.8, 4) is 22.5 Å². The van der Waals surface area contributed by atoms with Gasteiger partial charge in [-0.25, -0.2) is 9.97 Å². The zero-order valence-corrected chi connectivity index (χ0v) is 19.3. The molecule has 0 atom stereocenters. The number of nitrogens with one attached hydrogen (secondary N) is 1. The fourth-order valence-electron chi connectivity index (χ4n) is 4.79. The fourth-order valence-corrected chi connectivity index (χ4v) is 5.33. The van der Waals surface area contributed by atoms with Crippen molar-refractivity contribution in [2.24, 2.45) is 0 Å². The first-order valence-corrected chi connectivity index (χ1v) is 11.8. The molecule has 0 aliphatic carbocycles. The molecule has 0 bridgehead atoms. The van der Waals surface area contributed by atoms with Crippen LogP contribution in [0.1, 0.15) is 18.9 Å². The molecule has 0 amide bonds. The topological polar surface area (TPSA) is 55.6 Å². The molecule has 5 nitrogen and oxygen atoms in total. The predicted octanol–water partition coefficient (Wildman–Crippen LogP) is 6.54. The molecule has 0 unspecified atom stereocenters. The minimum absolute atomic E-state index is 0.255. The molecule has 3 aromatic heterocycles. The quantitative estimate of drug-likeness (QED) is 0.322. The van der Waals surface area contributed by atoms with Gasteiger partial charge in [0.1, 0.15) is 11.3 Å². The lowest BCUT2D eigenvalue weighted by molar-refractivity contribution is 0.376. The van der Waals surface area contributed by atoms with Crippen LogP contribution in [-0.4, -0.2) is 32.6 Å². The monoisotopic (exact) mass is 473 g/mol. The standard InChI is InChI=1S/C26H21Cl2N5/c27-21-14-30-15-22(28)23(21)25-32-24-20(18-6-5-16-3-1-2-4-17(16)13-18)9-12-31-26(24)33(25)19-7-10-29-11-8-19/h1-6,9,12-15,19,29H,7-8,10-11H2. The lowest BCUT2D eigenvalue weighted by atomic mass is 10.0. The molecule has 4 heterocycles. The van der Waals surface area contributed by atoms with Crippen molar-refractivity contribution in [1.82, 2.24) is 24.8 Å². The first kappa shape index (κ1) is 20.6. The summed E-state index contributed by atoms with van der Waals surface area (Å²) in [5, 5.41) is 6.82. The summed E-state index contributed by atoms with van der Waals surface area (Å²) < 4.78 is 2.23. The Morgan fingerprint density at radius 1 is 0.909 bits per heavy atom. The van der Waals surface area contributed by atoms with Gasteiger partial charge in [-0.3, -0.25) is 4.98 Å². The molecule has 0 saturated carbocycles. The molecule has 1 saturated heterocycles. The zero-order chi connectivity index (χ0) is 22.4. The summed E-state index contributed by atoms with van der Waals surface area (Å²) in [6.45, 7) is 1.90. The van der Waals surface area contributed by atoms with E-state index in [1.54, 1.807) is 12.4 Å². The number of pyridine rings is 2. The van der Waals surface area contributed by atoms with Gasteiger partial charge in [0.05, 0.1) is 15.6 Å². The number of aromatic nitrogens is 4. The average molecular weight is 474 g/mol. The predicted molar refractivity (Wildman–Crippen MR) is 135 cm³/mol. The summed E-state index contributed by atoms with van der Waals surface area (Å²) in [7, 11) is 0. The van der Waals surface area contributed by atoms with Crippen molar-refractivity contribution in [3.63, 3.8) is 0 Å². The van der Waals surface area contributed by atoms with Crippen LogP contribution in [0, 0.1) is 0 Å². The number of hydrogen-bond acceptors (Lipinski definition) is 4. The van der Waals surface area contributed by atoms with Gasteiger partial charge in [-0.1, -0.05) is 59.6 Å². The Hall–Kier alpha value is -2.99. The van der Waals surface area contributed by atoms with E-state index in [1.165, 1.54) is 10.8 Å². The summed E-state index contributed by atoms with van der Waals surface area (Å²) in [5.41, 5.74) is 4.56. The van der Waals surface area contributed by atoms with Crippen molar-refractivity contribution in [3.05, 3.63) is 77.2 Å². The van der Waals surface area contributed by atoms with E-state index in [4.69, 9.17) is 33.2 Å². The Bertz CT molecular complexity index is 1470. The smallest absolute Gasteiger partial charge is 0.161 e. The molecule has 2 aromatic carbocycles. The maximum Gasteiger partial charge on any atom is 0.161 e. The Kier molecular flexibility index (Phi) is 5.25. The number of fused-ring (bicyclic) bond motifs is 2. The second kappa shape index (κ2) is 8.41. The molecule has 1 aliphatic heterocycles. The van der Waals surface area contributed by atoms with Crippen LogP contribution in [0.5, 0.6) is 0 Å². The van der Waals surface area contributed by atoms with Gasteiger partial charge in [0.2, 0.25) is 0 Å². The SMILES string of the molecule is Clc1cncc(Cl)c1-c1nc2c(-c3ccc4ccccc4c3)ccnc2n1C1CCNCC1. The molecule has 1 N–H and O–H groups in total. The van der Waals surface area contributed by atoms with E-state index in [0.717, 1.165) is 54.0 Å². The molecule has 1 fully saturated rings. The third kappa shape index (κ3) is 3.57. The maximum atomic E-state index is 6.59. The Balaban J connectivity index is 1.63. The van der Waals surface area contributed by atoms with Gasteiger partial charge in [0, 0.05) is 30.2 Å². The van der Waals surface area contributed by atoms with Crippen LogP contribution in [0.25, 0.3) is 44.5 Å². The summed E-state index contributed by atoms with van der Waals surface area (Å²) in [5.74, 6) is 0.745. The minimum atomic E-state index is 0.255. The van der Waals surface area contributed by atoms with Crippen molar-refractivity contribution in [2.75, 3.05) is 13.1 Å². The average Bonchev–Trinajstić information content (AvgIpc) is 3.23. The summed E-state index contributed by atoms with van der Waals surface area (Å²) in [6.07, 6.45) is 7.08. The number of benzene rings is 2. The molecule has 0 radical (unpaired) electrons. The van der Waals surface area contributed by atoms with Gasteiger partial charge >= 0.3 is 0 Å². The Morgan fingerprint density at radius 2 is 1.67 bits per heavy atom. The summed E-state index contributed by atoms with van der Waals surface area (Å²) in [6, 6.07) is 17.2. The van der Waals surface area contributed by atoms with E-state index in [2.05, 4.69) is 57.3 Å². The van der Waals surface area contributed by atoms with Gasteiger partial charge in [-0.15, -0.1) is 0 Å². The van der Waals surface area contributed by atoms with Gasteiger partial charge in [-0.05, 0) is 54.4 Å². The third-order valence-electron chi connectivity index (χ3n) is 6.39. The van der Waals surface area contributed by atoms with E-state index in [0.29, 0.717) is 15.6 Å². The number of nitrogens with zero attached hydrogens (tertiary/aromatic N) is 4. The van der Waals surface area contributed by atoms with E-state index in [1.807, 2.05) is 12.3 Å². The highest BCUT2D eigenvalue weighted by Crippen LogP contribution is 2.40. The lowest BCUT2D eigenvalue weighted by Gasteiger charge is -2.26. The van der Waals surface area contributed by atoms with Crippen LogP contribution in [-0.2, 0) is 0 Å². The molecule has 7 heteroatoms. The number of hydrogen-bond donors (Lipinski definition) is 1. The molecule has 0 spiro atoms. The largest absolute Gasteiger partial charge is 0.317 e. The van der Waals surface area contributed by atoms with Crippen LogP contribution in [0.2, 0.25) is 10.0 Å². The van der Waals surface area contributed by atoms with Crippen LogP contribution >= 0.6 is 23.2 Å². The van der Waals surface area contributed by atoms with Crippen molar-refractivity contribution in [2.45, 2.75) is 18.9 Å². The van der Waals surface area contributed by atoms with E-state index < -0.39 is 0 Å². The van der Waals surface area contributed by atoms with E-state index in [9.17, 15) is 0 Å². The molecule has 1 aliphatic rings. The van der Waals surface area contributed by atoms with Crippen LogP contribution in [0.15, 0.2) is 67.1 Å². The highest BCUT2D eigenvalue weighted by Gasteiger charge is 2.26. The number of piperidine rings is 1. The molecule has 164 valence electrons. The molecule has 5 aromatic rings. The zero-order valence-electron chi connectivity index (χ0n) is 17.8. The third-order valence-corrected chi connectivity index (χ3v) is 6.96. The normalized spacial score (nSPS) is 14.8. The number of halogens is 2. The van der Waals surface area contributed by atoms with Crippen molar-refractivity contribution < 1.29 is 0 Å². The first-order chi connectivity index (χ1) is 16.2. The van der Waals surface area contributed by atoms with Crippen LogP contribution < -0.4 is 5.32 Å². The van der Waals surface area contributed by atoms with Gasteiger partial charge in [0.15, 0.2) is 5.65 Å². The van der Waals surface area contributed by atoms with Gasteiger partial charge < -0.3 is 9.88 Å². The van der Waals surface area contributed by atoms with Crippen LogP contribution in [0.3, 0.4) is 0 Å². The summed E-state index contributed by atoms with van der Waals surface area (Å²) in [4.78, 5) is 14.0. The van der Waals surface area contributed by atoms with Crippen molar-refractivity contribution in [1.29, 1.82) is 0 Å². The second-order valence-corrected chi connectivity index (χ2v) is 9.17. The molecular formula is C26H21Cl2N5. The fraction of sp³-hybridized carbons (Fsp3) is 0.192. The first-order valence-electron chi connectivity index (χ1n) is 11.1. The highest BCUT2D eigenvalue weighted by atomic mass is 35.5. The molecule has 33 heavy (non-hydrogen) atoms. The molecular weight excluding hydrogens is 453 g/mol. The summed E-state index contributed by atoms with van der Waals surface area (Å²) >= 11 is 13.2. The highest BCUT2D eigenvalue weighted by molar-refractivity contribution is 6.38. The number of imidazole rings is 1. The lowest BCUT2D eigenvalue weighted by Crippen LogP contribution is -2.29. The van der Waals surface area contributed by atoms with Crippen molar-refractivity contribution >= 4 is 45.1 Å². The number of rotatable bonds is 3. The minimum Gasteiger partial charge on any atom is -0.317 e. The van der Waals surface area contributed by atoms with E-state index >= 15 is 0 Å². The molecule has 6 rings (SSSR count). The second-order valence-electron chi connectivity index (χ2n) is 8.36. The maximum absolute atomic E-state index is 6.59. The van der Waals surface area contributed by atoms with Gasteiger partial charge in [-0.2, -0.15) is 0 Å². The van der Waals surface area contributed by atoms with E-state index in [-0.39, 0.29) is 6.04 Å². The van der Waals surface area contributed by atoms with Crippen LogP contribution in [0.4, 0.5) is 0 Å².